The van der Waals surface area contributed by atoms with E-state index >= 15 is 0 Å². The van der Waals surface area contributed by atoms with Crippen molar-refractivity contribution in [2.45, 2.75) is 31.7 Å². The van der Waals surface area contributed by atoms with Crippen LogP contribution in [0.15, 0.2) is 0 Å². The lowest BCUT2D eigenvalue weighted by atomic mass is 10.5. The molecular formula is C5H10F3OSi. The van der Waals surface area contributed by atoms with Crippen molar-refractivity contribution in [2.24, 2.45) is 0 Å². The van der Waals surface area contributed by atoms with Gasteiger partial charge in [0.1, 0.15) is 0 Å². The first-order chi connectivity index (χ1) is 4.19. The molecule has 0 saturated heterocycles. The summed E-state index contributed by atoms with van der Waals surface area (Å²) in [4.78, 5) is 10.7. The summed E-state index contributed by atoms with van der Waals surface area (Å²) in [7, 11) is -3.91. The molecule has 1 atom stereocenters. The van der Waals surface area contributed by atoms with Crippen LogP contribution in [-0.4, -0.2) is 20.0 Å². The molecule has 0 aliphatic carbocycles. The molecule has 0 rings (SSSR count). The van der Waals surface area contributed by atoms with Gasteiger partial charge in [-0.15, -0.1) is 0 Å². The molecule has 1 nitrogen and oxygen atoms in total. The molecule has 0 aromatic carbocycles. The van der Waals surface area contributed by atoms with Crippen LogP contribution < -0.4 is 0 Å². The van der Waals surface area contributed by atoms with Crippen LogP contribution in [0.5, 0.6) is 0 Å². The van der Waals surface area contributed by atoms with Gasteiger partial charge in [-0.3, -0.25) is 4.80 Å². The third-order valence-electron chi connectivity index (χ3n) is 1.30. The maximum absolute atomic E-state index is 12.4. The third-order valence-corrected chi connectivity index (χ3v) is 3.31. The molecule has 1 unspecified atom stereocenters. The van der Waals surface area contributed by atoms with Gasteiger partial charge in [-0.2, -0.15) is 0 Å². The minimum Gasteiger partial charge on any atom is -0.291 e. The first-order valence-electron chi connectivity index (χ1n) is 2.92. The van der Waals surface area contributed by atoms with E-state index in [-0.39, 0.29) is 0 Å². The quantitative estimate of drug-likeness (QED) is 0.567. The fraction of sp³-hybridized carbons (Fsp3) is 1.00. The standard InChI is InChI=1S/C5H10F3OSi/c1-4(6)5(7,8)10(2,3)9/h4H,1-3H3. The van der Waals surface area contributed by atoms with Gasteiger partial charge in [0, 0.05) is 0 Å². The van der Waals surface area contributed by atoms with Gasteiger partial charge in [0.2, 0.25) is 0 Å². The summed E-state index contributed by atoms with van der Waals surface area (Å²) < 4.78 is 36.9. The van der Waals surface area contributed by atoms with Crippen molar-refractivity contribution in [1.82, 2.24) is 0 Å². The third kappa shape index (κ3) is 1.73. The number of rotatable bonds is 2. The van der Waals surface area contributed by atoms with Crippen LogP contribution in [0.1, 0.15) is 6.92 Å². The Morgan fingerprint density at radius 2 is 1.70 bits per heavy atom. The Bertz CT molecular complexity index is 119. The zero-order valence-electron chi connectivity index (χ0n) is 6.12. The van der Waals surface area contributed by atoms with Gasteiger partial charge in [0.05, 0.1) is 0 Å². The molecule has 0 aliphatic heterocycles. The summed E-state index contributed by atoms with van der Waals surface area (Å²) in [5.41, 5.74) is -3.65. The van der Waals surface area contributed by atoms with Crippen molar-refractivity contribution in [3.05, 3.63) is 0 Å². The van der Waals surface area contributed by atoms with E-state index in [1.54, 1.807) is 0 Å². The molecule has 0 aromatic heterocycles. The van der Waals surface area contributed by atoms with E-state index < -0.39 is 20.0 Å². The smallest absolute Gasteiger partial charge is 0.291 e. The van der Waals surface area contributed by atoms with E-state index in [9.17, 15) is 18.0 Å². The molecule has 10 heavy (non-hydrogen) atoms. The Morgan fingerprint density at radius 1 is 1.40 bits per heavy atom. The molecule has 0 aromatic rings. The highest BCUT2D eigenvalue weighted by Crippen LogP contribution is 2.30. The second-order valence-corrected chi connectivity index (χ2v) is 6.44. The van der Waals surface area contributed by atoms with Gasteiger partial charge in [-0.1, -0.05) is 0 Å². The second kappa shape index (κ2) is 2.54. The van der Waals surface area contributed by atoms with E-state index in [1.165, 1.54) is 0 Å². The summed E-state index contributed by atoms with van der Waals surface area (Å²) in [6.45, 7) is 2.53. The van der Waals surface area contributed by atoms with E-state index in [2.05, 4.69) is 0 Å². The van der Waals surface area contributed by atoms with Crippen LogP contribution in [0, 0.1) is 0 Å². The predicted octanol–water partition coefficient (Wildman–Crippen LogP) is 2.15. The molecule has 0 spiro atoms. The minimum atomic E-state index is -3.91. The summed E-state index contributed by atoms with van der Waals surface area (Å²) in [6.07, 6.45) is -2.33. The van der Waals surface area contributed by atoms with Crippen LogP contribution in [0.4, 0.5) is 13.2 Å². The molecule has 61 valence electrons. The van der Waals surface area contributed by atoms with Crippen LogP contribution in [0.25, 0.3) is 0 Å². The lowest BCUT2D eigenvalue weighted by molar-refractivity contribution is -0.0136. The SMILES string of the molecule is CC(F)C(F)(F)[Si](C)(C)[O]. The van der Waals surface area contributed by atoms with Gasteiger partial charge in [0.15, 0.2) is 6.17 Å². The van der Waals surface area contributed by atoms with E-state index in [4.69, 9.17) is 0 Å². The van der Waals surface area contributed by atoms with Gasteiger partial charge in [-0.05, 0) is 20.0 Å². The molecule has 0 aliphatic rings. The second-order valence-electron chi connectivity index (χ2n) is 2.75. The number of alkyl halides is 3. The van der Waals surface area contributed by atoms with Gasteiger partial charge in [0.25, 0.3) is 5.55 Å². The first kappa shape index (κ1) is 9.97. The topological polar surface area (TPSA) is 19.9 Å². The van der Waals surface area contributed by atoms with Crippen LogP contribution in [-0.2, 0) is 4.80 Å². The summed E-state index contributed by atoms with van der Waals surface area (Å²) >= 11 is 0. The summed E-state index contributed by atoms with van der Waals surface area (Å²) in [5, 5.41) is 0. The molecule has 0 heterocycles. The molecule has 0 amide bonds. The largest absolute Gasteiger partial charge is 0.312 e. The van der Waals surface area contributed by atoms with E-state index in [0.717, 1.165) is 13.1 Å². The Morgan fingerprint density at radius 3 is 1.70 bits per heavy atom. The van der Waals surface area contributed by atoms with Crippen LogP contribution in [0.2, 0.25) is 13.1 Å². The lowest BCUT2D eigenvalue weighted by Gasteiger charge is -2.25. The van der Waals surface area contributed by atoms with Gasteiger partial charge in [-0.25, -0.2) is 13.2 Å². The summed E-state index contributed by atoms with van der Waals surface area (Å²) in [6, 6.07) is 0. The molecule has 0 saturated carbocycles. The first-order valence-corrected chi connectivity index (χ1v) is 5.82. The maximum Gasteiger partial charge on any atom is 0.312 e. The number of hydrogen-bond acceptors (Lipinski definition) is 0. The zero-order chi connectivity index (χ0) is 8.58. The zero-order valence-corrected chi connectivity index (χ0v) is 7.12. The summed E-state index contributed by atoms with van der Waals surface area (Å²) in [5.74, 6) is 0. The highest BCUT2D eigenvalue weighted by molar-refractivity contribution is 6.72. The van der Waals surface area contributed by atoms with Gasteiger partial charge < -0.3 is 0 Å². The molecule has 0 bridgehead atoms. The van der Waals surface area contributed by atoms with Crippen molar-refractivity contribution in [3.8, 4) is 0 Å². The van der Waals surface area contributed by atoms with E-state index in [0.29, 0.717) is 6.92 Å². The van der Waals surface area contributed by atoms with Crippen LogP contribution >= 0.6 is 0 Å². The highest BCUT2D eigenvalue weighted by Gasteiger charge is 2.54. The Labute approximate surface area is 59.0 Å². The Hall–Kier alpha value is -0.0331. The Kier molecular flexibility index (Phi) is 2.53. The minimum absolute atomic E-state index is 0.715. The number of halogens is 3. The lowest BCUT2D eigenvalue weighted by Crippen LogP contribution is -2.52. The molecule has 5 heteroatoms. The molecule has 0 fully saturated rings. The average molecular weight is 171 g/mol. The van der Waals surface area contributed by atoms with E-state index in [1.807, 2.05) is 0 Å². The molecular weight excluding hydrogens is 161 g/mol. The fourth-order valence-corrected chi connectivity index (χ4v) is 1.44. The van der Waals surface area contributed by atoms with Crippen molar-refractivity contribution in [2.75, 3.05) is 0 Å². The fourth-order valence-electron chi connectivity index (χ4n) is 0.479. The monoisotopic (exact) mass is 171 g/mol. The maximum atomic E-state index is 12.4. The Balaban J connectivity index is 4.40. The average Bonchev–Trinajstić information content (AvgIpc) is 1.62. The van der Waals surface area contributed by atoms with Crippen molar-refractivity contribution in [3.63, 3.8) is 0 Å². The predicted molar refractivity (Wildman–Crippen MR) is 33.7 cm³/mol. The highest BCUT2D eigenvalue weighted by atomic mass is 28.4. The normalized spacial score (nSPS) is 17.1. The van der Waals surface area contributed by atoms with Crippen LogP contribution in [0.3, 0.4) is 0 Å². The van der Waals surface area contributed by atoms with Crippen molar-refractivity contribution >= 4 is 8.32 Å². The van der Waals surface area contributed by atoms with Crippen molar-refractivity contribution in [1.29, 1.82) is 0 Å². The van der Waals surface area contributed by atoms with Gasteiger partial charge >= 0.3 is 8.32 Å². The molecule has 0 N–H and O–H groups in total. The van der Waals surface area contributed by atoms with Crippen molar-refractivity contribution < 1.29 is 18.0 Å². The number of hydrogen-bond donors (Lipinski definition) is 0. The molecule has 1 radical (unpaired) electrons.